The van der Waals surface area contributed by atoms with Gasteiger partial charge in [0, 0.05) is 19.4 Å². The van der Waals surface area contributed by atoms with Crippen LogP contribution in [0.2, 0.25) is 19.6 Å². The molecule has 0 saturated heterocycles. The number of benzene rings is 1. The lowest BCUT2D eigenvalue weighted by molar-refractivity contribution is -0.207. The van der Waals surface area contributed by atoms with E-state index in [1.165, 1.54) is 7.11 Å². The largest absolute Gasteiger partial charge is 0.389 e. The normalized spacial score (nSPS) is 26.1. The molecule has 1 aromatic carbocycles. The standard InChI is InChI=1S/C19H20N4O2Si/c1-24-19(25-26(2,3)4)10-16(15-8-6-5-7-9-15)17(11-20,12-21)18(19,13-22)14-23/h5-9,16H,10H2,1-4H3/t16-,19+/m1/s1. The third-order valence-corrected chi connectivity index (χ3v) is 5.79. The second kappa shape index (κ2) is 6.56. The lowest BCUT2D eigenvalue weighted by Crippen LogP contribution is -2.56. The van der Waals surface area contributed by atoms with Gasteiger partial charge in [-0.25, -0.2) is 0 Å². The van der Waals surface area contributed by atoms with Crippen molar-refractivity contribution in [3.63, 3.8) is 0 Å². The van der Waals surface area contributed by atoms with E-state index in [1.807, 2.05) is 50.0 Å². The second-order valence-corrected chi connectivity index (χ2v) is 11.8. The molecule has 1 fully saturated rings. The topological polar surface area (TPSA) is 114 Å². The van der Waals surface area contributed by atoms with Crippen molar-refractivity contribution in [2.24, 2.45) is 10.8 Å². The zero-order chi connectivity index (χ0) is 19.6. The second-order valence-electron chi connectivity index (χ2n) is 7.34. The number of nitrogens with zero attached hydrogens (tertiary/aromatic N) is 4. The van der Waals surface area contributed by atoms with E-state index in [2.05, 4.69) is 0 Å². The zero-order valence-electron chi connectivity index (χ0n) is 15.3. The first-order chi connectivity index (χ1) is 12.2. The molecule has 26 heavy (non-hydrogen) atoms. The van der Waals surface area contributed by atoms with Gasteiger partial charge in [0.1, 0.15) is 0 Å². The SMILES string of the molecule is CO[C@]1(O[Si](C)(C)C)C[C@H](c2ccccc2)C(C#N)(C#N)C1(C#N)C#N. The molecule has 1 aliphatic rings. The van der Waals surface area contributed by atoms with Crippen molar-refractivity contribution in [2.45, 2.75) is 37.8 Å². The van der Waals surface area contributed by atoms with Crippen molar-refractivity contribution in [1.82, 2.24) is 0 Å². The smallest absolute Gasteiger partial charge is 0.228 e. The molecule has 0 bridgehead atoms. The lowest BCUT2D eigenvalue weighted by Gasteiger charge is -2.42. The summed E-state index contributed by atoms with van der Waals surface area (Å²) in [6.07, 6.45) is 0.0695. The van der Waals surface area contributed by atoms with Gasteiger partial charge in [-0.3, -0.25) is 0 Å². The van der Waals surface area contributed by atoms with Crippen LogP contribution >= 0.6 is 0 Å². The van der Waals surface area contributed by atoms with Crippen molar-refractivity contribution in [3.8, 4) is 24.3 Å². The summed E-state index contributed by atoms with van der Waals surface area (Å²) in [4.78, 5) is 0. The van der Waals surface area contributed by atoms with Crippen molar-refractivity contribution in [3.05, 3.63) is 35.9 Å². The highest BCUT2D eigenvalue weighted by atomic mass is 28.4. The predicted molar refractivity (Wildman–Crippen MR) is 95.3 cm³/mol. The first-order valence-electron chi connectivity index (χ1n) is 8.16. The maximum absolute atomic E-state index is 10.0. The van der Waals surface area contributed by atoms with Crippen LogP contribution in [0.3, 0.4) is 0 Å². The van der Waals surface area contributed by atoms with E-state index in [0.29, 0.717) is 5.56 Å². The fourth-order valence-electron chi connectivity index (χ4n) is 3.80. The van der Waals surface area contributed by atoms with Crippen LogP contribution in [0.4, 0.5) is 0 Å². The number of hydrogen-bond acceptors (Lipinski definition) is 6. The Hall–Kier alpha value is -2.68. The number of ether oxygens (including phenoxy) is 1. The average Bonchev–Trinajstić information content (AvgIpc) is 2.87. The molecule has 0 aromatic heterocycles. The Kier molecular flexibility index (Phi) is 4.96. The Morgan fingerprint density at radius 3 is 1.88 bits per heavy atom. The highest BCUT2D eigenvalue weighted by Crippen LogP contribution is 2.65. The molecule has 1 aliphatic carbocycles. The maximum Gasteiger partial charge on any atom is 0.228 e. The van der Waals surface area contributed by atoms with Crippen LogP contribution in [0.15, 0.2) is 30.3 Å². The molecule has 0 amide bonds. The van der Waals surface area contributed by atoms with Gasteiger partial charge in [0.15, 0.2) is 19.5 Å². The summed E-state index contributed by atoms with van der Waals surface area (Å²) in [7, 11) is -0.944. The van der Waals surface area contributed by atoms with Crippen LogP contribution in [0.1, 0.15) is 17.9 Å². The van der Waals surface area contributed by atoms with E-state index in [0.717, 1.165) is 0 Å². The van der Waals surface area contributed by atoms with Crippen LogP contribution in [0.25, 0.3) is 0 Å². The summed E-state index contributed by atoms with van der Waals surface area (Å²) in [6.45, 7) is 5.72. The molecule has 1 saturated carbocycles. The molecule has 0 aliphatic heterocycles. The number of methoxy groups -OCH3 is 1. The van der Waals surface area contributed by atoms with Gasteiger partial charge in [-0.1, -0.05) is 30.3 Å². The highest BCUT2D eigenvalue weighted by Gasteiger charge is 2.77. The Bertz CT molecular complexity index is 823. The minimum absolute atomic E-state index is 0.0695. The third kappa shape index (κ3) is 2.50. The lowest BCUT2D eigenvalue weighted by atomic mass is 9.62. The molecule has 7 heteroatoms. The molecule has 2 atom stereocenters. The van der Waals surface area contributed by atoms with Gasteiger partial charge < -0.3 is 9.16 Å². The minimum Gasteiger partial charge on any atom is -0.389 e. The Morgan fingerprint density at radius 2 is 1.50 bits per heavy atom. The first-order valence-corrected chi connectivity index (χ1v) is 11.6. The molecular weight excluding hydrogens is 344 g/mol. The molecule has 2 rings (SSSR count). The summed E-state index contributed by atoms with van der Waals surface area (Å²) in [5.41, 5.74) is -3.31. The molecule has 0 spiro atoms. The molecule has 0 N–H and O–H groups in total. The molecule has 6 nitrogen and oxygen atoms in total. The van der Waals surface area contributed by atoms with E-state index in [-0.39, 0.29) is 6.42 Å². The van der Waals surface area contributed by atoms with Crippen molar-refractivity contribution < 1.29 is 9.16 Å². The van der Waals surface area contributed by atoms with Gasteiger partial charge >= 0.3 is 0 Å². The monoisotopic (exact) mass is 364 g/mol. The Morgan fingerprint density at radius 1 is 0.962 bits per heavy atom. The van der Waals surface area contributed by atoms with E-state index in [9.17, 15) is 21.0 Å². The van der Waals surface area contributed by atoms with Gasteiger partial charge in [0.2, 0.25) is 5.41 Å². The van der Waals surface area contributed by atoms with E-state index >= 15 is 0 Å². The van der Waals surface area contributed by atoms with Crippen LogP contribution in [0.5, 0.6) is 0 Å². The van der Waals surface area contributed by atoms with Gasteiger partial charge in [-0.2, -0.15) is 21.0 Å². The van der Waals surface area contributed by atoms with Gasteiger partial charge in [0.25, 0.3) is 0 Å². The molecule has 0 unspecified atom stereocenters. The number of hydrogen-bond donors (Lipinski definition) is 0. The maximum atomic E-state index is 10.0. The quantitative estimate of drug-likeness (QED) is 0.597. The first kappa shape index (κ1) is 19.6. The molecular formula is C19H20N4O2Si. The van der Waals surface area contributed by atoms with Crippen molar-refractivity contribution in [1.29, 1.82) is 21.0 Å². The number of rotatable bonds is 4. The summed E-state index contributed by atoms with van der Waals surface area (Å²) < 4.78 is 11.9. The van der Waals surface area contributed by atoms with Gasteiger partial charge in [0.05, 0.1) is 24.3 Å². The molecule has 1 aromatic rings. The van der Waals surface area contributed by atoms with Gasteiger partial charge in [-0.05, 0) is 25.2 Å². The van der Waals surface area contributed by atoms with Crippen LogP contribution < -0.4 is 0 Å². The summed E-state index contributed by atoms with van der Waals surface area (Å²) in [6, 6.07) is 16.9. The fourth-order valence-corrected chi connectivity index (χ4v) is 5.11. The van der Waals surface area contributed by atoms with Crippen LogP contribution in [-0.4, -0.2) is 21.2 Å². The molecule has 0 heterocycles. The molecule has 0 radical (unpaired) electrons. The van der Waals surface area contributed by atoms with E-state index in [1.54, 1.807) is 24.3 Å². The van der Waals surface area contributed by atoms with Crippen LogP contribution in [-0.2, 0) is 9.16 Å². The van der Waals surface area contributed by atoms with Crippen molar-refractivity contribution in [2.75, 3.05) is 7.11 Å². The third-order valence-electron chi connectivity index (χ3n) is 4.85. The van der Waals surface area contributed by atoms with Crippen LogP contribution in [0, 0.1) is 56.2 Å². The fraction of sp³-hybridized carbons (Fsp3) is 0.474. The Labute approximate surface area is 154 Å². The predicted octanol–water partition coefficient (Wildman–Crippen LogP) is 3.44. The number of nitriles is 4. The zero-order valence-corrected chi connectivity index (χ0v) is 16.3. The average molecular weight is 364 g/mol. The molecule has 132 valence electrons. The van der Waals surface area contributed by atoms with E-state index in [4.69, 9.17) is 9.16 Å². The minimum atomic E-state index is -2.30. The summed E-state index contributed by atoms with van der Waals surface area (Å²) >= 11 is 0. The van der Waals surface area contributed by atoms with Crippen molar-refractivity contribution >= 4 is 8.32 Å². The Balaban J connectivity index is 2.86. The van der Waals surface area contributed by atoms with E-state index < -0.39 is 30.9 Å². The summed E-state index contributed by atoms with van der Waals surface area (Å²) in [5, 5.41) is 40.0. The van der Waals surface area contributed by atoms with Gasteiger partial charge in [-0.15, -0.1) is 0 Å². The summed E-state index contributed by atoms with van der Waals surface area (Å²) in [5.74, 6) is -2.36. The highest BCUT2D eigenvalue weighted by molar-refractivity contribution is 6.69.